The summed E-state index contributed by atoms with van der Waals surface area (Å²) in [7, 11) is 1.69. The van der Waals surface area contributed by atoms with Crippen LogP contribution in [0.2, 0.25) is 0 Å². The highest BCUT2D eigenvalue weighted by molar-refractivity contribution is 5.76. The molecule has 0 aliphatic carbocycles. The van der Waals surface area contributed by atoms with Gasteiger partial charge in [0.1, 0.15) is 5.82 Å². The van der Waals surface area contributed by atoms with Gasteiger partial charge in [0.15, 0.2) is 0 Å². The lowest BCUT2D eigenvalue weighted by Gasteiger charge is -2.17. The molecule has 0 unspecified atom stereocenters. The van der Waals surface area contributed by atoms with Gasteiger partial charge in [-0.2, -0.15) is 0 Å². The first-order chi connectivity index (χ1) is 9.66. The van der Waals surface area contributed by atoms with E-state index in [9.17, 15) is 9.18 Å². The number of aryl methyl sites for hydroxylation is 1. The van der Waals surface area contributed by atoms with Gasteiger partial charge in [-0.3, -0.25) is 9.78 Å². The quantitative estimate of drug-likeness (QED) is 0.838. The second-order valence-electron chi connectivity index (χ2n) is 4.70. The summed E-state index contributed by atoms with van der Waals surface area (Å²) in [5.41, 5.74) is 1.56. The third kappa shape index (κ3) is 3.88. The summed E-state index contributed by atoms with van der Waals surface area (Å²) in [5.74, 6) is -0.281. The Kier molecular flexibility index (Phi) is 4.82. The van der Waals surface area contributed by atoms with Crippen molar-refractivity contribution in [3.05, 3.63) is 65.7 Å². The minimum absolute atomic E-state index is 0.00268. The molecule has 4 heteroatoms. The van der Waals surface area contributed by atoms with Crippen LogP contribution < -0.4 is 0 Å². The molecule has 2 aromatic rings. The fourth-order valence-electron chi connectivity index (χ4n) is 1.96. The van der Waals surface area contributed by atoms with Crippen LogP contribution in [0.5, 0.6) is 0 Å². The van der Waals surface area contributed by atoms with Crippen molar-refractivity contribution in [3.63, 3.8) is 0 Å². The number of pyridine rings is 1. The highest BCUT2D eigenvalue weighted by atomic mass is 19.1. The molecule has 0 aliphatic heterocycles. The number of aromatic nitrogens is 1. The number of benzene rings is 1. The molecule has 0 aliphatic rings. The molecule has 104 valence electrons. The van der Waals surface area contributed by atoms with Crippen molar-refractivity contribution in [1.82, 2.24) is 9.88 Å². The van der Waals surface area contributed by atoms with Crippen LogP contribution in [0.1, 0.15) is 17.5 Å². The Morgan fingerprint density at radius 1 is 1.25 bits per heavy atom. The van der Waals surface area contributed by atoms with E-state index in [1.54, 1.807) is 42.5 Å². The molecule has 0 atom stereocenters. The maximum Gasteiger partial charge on any atom is 0.222 e. The number of nitrogens with zero attached hydrogens (tertiary/aromatic N) is 2. The molecule has 0 radical (unpaired) electrons. The topological polar surface area (TPSA) is 33.2 Å². The summed E-state index contributed by atoms with van der Waals surface area (Å²) in [6, 6.07) is 10.3. The molecule has 0 saturated heterocycles. The summed E-state index contributed by atoms with van der Waals surface area (Å²) in [5, 5.41) is 0. The molecule has 2 rings (SSSR count). The molecule has 1 heterocycles. The Balaban J connectivity index is 1.88. The largest absolute Gasteiger partial charge is 0.341 e. The summed E-state index contributed by atoms with van der Waals surface area (Å²) >= 11 is 0. The number of halogens is 1. The molecule has 0 fully saturated rings. The normalized spacial score (nSPS) is 10.3. The van der Waals surface area contributed by atoms with E-state index in [0.29, 0.717) is 24.9 Å². The number of carbonyl (C=O) groups excluding carboxylic acids is 1. The van der Waals surface area contributed by atoms with Crippen molar-refractivity contribution in [2.45, 2.75) is 19.4 Å². The highest BCUT2D eigenvalue weighted by Crippen LogP contribution is 2.10. The molecule has 0 spiro atoms. The Hall–Kier alpha value is -2.23. The number of hydrogen-bond donors (Lipinski definition) is 0. The molecule has 0 bridgehead atoms. The number of amides is 1. The van der Waals surface area contributed by atoms with Gasteiger partial charge >= 0.3 is 0 Å². The Bertz CT molecular complexity index is 572. The number of hydrogen-bond acceptors (Lipinski definition) is 2. The second kappa shape index (κ2) is 6.80. The van der Waals surface area contributed by atoms with Gasteiger partial charge in [-0.25, -0.2) is 4.39 Å². The van der Waals surface area contributed by atoms with Gasteiger partial charge in [0, 0.05) is 38.0 Å². The van der Waals surface area contributed by atoms with Gasteiger partial charge in [0.25, 0.3) is 0 Å². The summed E-state index contributed by atoms with van der Waals surface area (Å²) < 4.78 is 13.5. The highest BCUT2D eigenvalue weighted by Gasteiger charge is 2.11. The van der Waals surface area contributed by atoms with Crippen molar-refractivity contribution >= 4 is 5.91 Å². The Labute approximate surface area is 118 Å². The Morgan fingerprint density at radius 2 is 2.05 bits per heavy atom. The SMILES string of the molecule is CN(Cc1ccccc1F)C(=O)CCc1cccnc1. The first-order valence-corrected chi connectivity index (χ1v) is 6.53. The van der Waals surface area contributed by atoms with Crippen LogP contribution in [-0.2, 0) is 17.8 Å². The minimum atomic E-state index is -0.278. The van der Waals surface area contributed by atoms with Gasteiger partial charge in [0.05, 0.1) is 0 Å². The zero-order chi connectivity index (χ0) is 14.4. The molecular weight excluding hydrogens is 255 g/mol. The first-order valence-electron chi connectivity index (χ1n) is 6.53. The van der Waals surface area contributed by atoms with E-state index in [-0.39, 0.29) is 11.7 Å². The molecule has 1 aromatic heterocycles. The minimum Gasteiger partial charge on any atom is -0.341 e. The lowest BCUT2D eigenvalue weighted by molar-refractivity contribution is -0.130. The standard InChI is InChI=1S/C16H17FN2O/c1-19(12-14-6-2-3-7-15(14)17)16(20)9-8-13-5-4-10-18-11-13/h2-7,10-11H,8-9,12H2,1H3. The predicted octanol–water partition coefficient (Wildman–Crippen LogP) is 2.81. The number of carbonyl (C=O) groups is 1. The van der Waals surface area contributed by atoms with E-state index in [0.717, 1.165) is 5.56 Å². The lowest BCUT2D eigenvalue weighted by Crippen LogP contribution is -2.26. The van der Waals surface area contributed by atoms with Crippen LogP contribution in [0.4, 0.5) is 4.39 Å². The molecule has 20 heavy (non-hydrogen) atoms. The van der Waals surface area contributed by atoms with E-state index in [1.165, 1.54) is 6.07 Å². The first kappa shape index (κ1) is 14.2. The number of rotatable bonds is 5. The van der Waals surface area contributed by atoms with Crippen molar-refractivity contribution in [1.29, 1.82) is 0 Å². The van der Waals surface area contributed by atoms with Gasteiger partial charge in [-0.05, 0) is 24.1 Å². The van der Waals surface area contributed by atoms with Gasteiger partial charge < -0.3 is 4.90 Å². The fraction of sp³-hybridized carbons (Fsp3) is 0.250. The van der Waals surface area contributed by atoms with Gasteiger partial charge in [0.2, 0.25) is 5.91 Å². The smallest absolute Gasteiger partial charge is 0.222 e. The fourth-order valence-corrected chi connectivity index (χ4v) is 1.96. The average molecular weight is 272 g/mol. The molecule has 1 aromatic carbocycles. The van der Waals surface area contributed by atoms with Crippen molar-refractivity contribution in [3.8, 4) is 0 Å². The van der Waals surface area contributed by atoms with E-state index >= 15 is 0 Å². The van der Waals surface area contributed by atoms with Crippen LogP contribution in [0.15, 0.2) is 48.8 Å². The van der Waals surface area contributed by atoms with Crippen LogP contribution in [0, 0.1) is 5.82 Å². The zero-order valence-electron chi connectivity index (χ0n) is 11.4. The molecule has 0 N–H and O–H groups in total. The van der Waals surface area contributed by atoms with Crippen LogP contribution in [0.3, 0.4) is 0 Å². The predicted molar refractivity (Wildman–Crippen MR) is 75.4 cm³/mol. The monoisotopic (exact) mass is 272 g/mol. The Morgan fingerprint density at radius 3 is 2.75 bits per heavy atom. The third-order valence-corrected chi connectivity index (χ3v) is 3.14. The van der Waals surface area contributed by atoms with Crippen LogP contribution >= 0.6 is 0 Å². The van der Waals surface area contributed by atoms with Crippen LogP contribution in [0.25, 0.3) is 0 Å². The third-order valence-electron chi connectivity index (χ3n) is 3.14. The van der Waals surface area contributed by atoms with Gasteiger partial charge in [-0.15, -0.1) is 0 Å². The van der Waals surface area contributed by atoms with Crippen molar-refractivity contribution in [2.75, 3.05) is 7.05 Å². The second-order valence-corrected chi connectivity index (χ2v) is 4.70. The van der Waals surface area contributed by atoms with Gasteiger partial charge in [-0.1, -0.05) is 24.3 Å². The molecule has 0 saturated carbocycles. The summed E-state index contributed by atoms with van der Waals surface area (Å²) in [6.45, 7) is 0.290. The van der Waals surface area contributed by atoms with Crippen molar-refractivity contribution < 1.29 is 9.18 Å². The summed E-state index contributed by atoms with van der Waals surface area (Å²) in [4.78, 5) is 17.6. The van der Waals surface area contributed by atoms with E-state index in [4.69, 9.17) is 0 Å². The average Bonchev–Trinajstić information content (AvgIpc) is 2.48. The zero-order valence-corrected chi connectivity index (χ0v) is 11.4. The maximum atomic E-state index is 13.5. The van der Waals surface area contributed by atoms with E-state index in [1.807, 2.05) is 12.1 Å². The summed E-state index contributed by atoms with van der Waals surface area (Å²) in [6.07, 6.45) is 4.50. The van der Waals surface area contributed by atoms with Crippen LogP contribution in [-0.4, -0.2) is 22.8 Å². The maximum absolute atomic E-state index is 13.5. The van der Waals surface area contributed by atoms with E-state index < -0.39 is 0 Å². The van der Waals surface area contributed by atoms with Crippen molar-refractivity contribution in [2.24, 2.45) is 0 Å². The molecule has 3 nitrogen and oxygen atoms in total. The molecule has 1 amide bonds. The molecular formula is C16H17FN2O. The lowest BCUT2D eigenvalue weighted by atomic mass is 10.1. The van der Waals surface area contributed by atoms with E-state index in [2.05, 4.69) is 4.98 Å².